The van der Waals surface area contributed by atoms with Crippen molar-refractivity contribution in [3.05, 3.63) is 29.3 Å². The van der Waals surface area contributed by atoms with Gasteiger partial charge in [-0.05, 0) is 75.1 Å². The fourth-order valence-electron chi connectivity index (χ4n) is 3.67. The third kappa shape index (κ3) is 3.35. The predicted octanol–water partition coefficient (Wildman–Crippen LogP) is 2.67. The molecular weight excluding hydrogens is 326 g/mol. The molecule has 1 aliphatic heterocycles. The van der Waals surface area contributed by atoms with Crippen molar-refractivity contribution >= 4 is 16.0 Å². The van der Waals surface area contributed by atoms with Crippen LogP contribution < -0.4 is 0 Å². The molecule has 0 spiro atoms. The summed E-state index contributed by atoms with van der Waals surface area (Å²) in [6.45, 7) is 2.38. The monoisotopic (exact) mass is 351 g/mol. The summed E-state index contributed by atoms with van der Waals surface area (Å²) in [5, 5.41) is 0. The average Bonchev–Trinajstić information content (AvgIpc) is 2.61. The van der Waals surface area contributed by atoms with Crippen molar-refractivity contribution in [2.24, 2.45) is 0 Å². The van der Waals surface area contributed by atoms with E-state index < -0.39 is 22.0 Å². The van der Waals surface area contributed by atoms with E-state index in [1.807, 2.05) is 6.07 Å². The van der Waals surface area contributed by atoms with Crippen LogP contribution in [0.25, 0.3) is 0 Å². The molecule has 1 fully saturated rings. The molecule has 24 heavy (non-hydrogen) atoms. The maximum absolute atomic E-state index is 13.1. The zero-order valence-corrected chi connectivity index (χ0v) is 15.0. The molecule has 2 aliphatic rings. The summed E-state index contributed by atoms with van der Waals surface area (Å²) in [4.78, 5) is 12.5. The van der Waals surface area contributed by atoms with Crippen LogP contribution in [0.15, 0.2) is 23.1 Å². The number of hydrogen-bond acceptors (Lipinski definition) is 4. The normalized spacial score (nSPS) is 22.0. The van der Waals surface area contributed by atoms with Crippen LogP contribution in [0.2, 0.25) is 0 Å². The van der Waals surface area contributed by atoms with Gasteiger partial charge in [-0.15, -0.1) is 0 Å². The minimum atomic E-state index is -3.68. The van der Waals surface area contributed by atoms with Crippen LogP contribution in [-0.2, 0) is 32.4 Å². The second-order valence-electron chi connectivity index (χ2n) is 6.52. The van der Waals surface area contributed by atoms with Gasteiger partial charge in [0, 0.05) is 6.54 Å². The Kier molecular flexibility index (Phi) is 5.25. The van der Waals surface area contributed by atoms with Crippen LogP contribution in [0.4, 0.5) is 0 Å². The first-order chi connectivity index (χ1) is 11.5. The number of nitrogens with zero attached hydrogens (tertiary/aromatic N) is 1. The van der Waals surface area contributed by atoms with Crippen molar-refractivity contribution in [1.82, 2.24) is 4.31 Å². The zero-order valence-electron chi connectivity index (χ0n) is 14.2. The third-order valence-electron chi connectivity index (χ3n) is 4.94. The van der Waals surface area contributed by atoms with E-state index >= 15 is 0 Å². The Morgan fingerprint density at radius 3 is 2.67 bits per heavy atom. The van der Waals surface area contributed by atoms with Crippen molar-refractivity contribution in [3.8, 4) is 0 Å². The molecule has 0 amide bonds. The Bertz CT molecular complexity index is 714. The molecule has 132 valence electrons. The van der Waals surface area contributed by atoms with E-state index in [1.54, 1.807) is 19.1 Å². The summed E-state index contributed by atoms with van der Waals surface area (Å²) in [5.74, 6) is -0.432. The van der Waals surface area contributed by atoms with Gasteiger partial charge in [0.1, 0.15) is 6.04 Å². The molecule has 1 saturated heterocycles. The molecule has 1 aromatic rings. The number of hydrogen-bond donors (Lipinski definition) is 0. The summed E-state index contributed by atoms with van der Waals surface area (Å²) in [5.41, 5.74) is 2.38. The number of esters is 1. The van der Waals surface area contributed by atoms with Crippen molar-refractivity contribution in [2.75, 3.05) is 13.2 Å². The predicted molar refractivity (Wildman–Crippen MR) is 91.2 cm³/mol. The Morgan fingerprint density at radius 2 is 1.92 bits per heavy atom. The van der Waals surface area contributed by atoms with Crippen LogP contribution in [0.1, 0.15) is 50.2 Å². The molecule has 0 radical (unpaired) electrons. The van der Waals surface area contributed by atoms with Crippen LogP contribution in [-0.4, -0.2) is 37.9 Å². The Hall–Kier alpha value is -1.40. The minimum Gasteiger partial charge on any atom is -0.465 e. The first-order valence-electron chi connectivity index (χ1n) is 8.84. The molecule has 0 saturated carbocycles. The molecule has 6 heteroatoms. The zero-order chi connectivity index (χ0) is 17.2. The first kappa shape index (κ1) is 17.4. The molecular formula is C18H25NO4S. The van der Waals surface area contributed by atoms with Gasteiger partial charge in [-0.1, -0.05) is 6.07 Å². The van der Waals surface area contributed by atoms with Gasteiger partial charge in [0.05, 0.1) is 11.5 Å². The Morgan fingerprint density at radius 1 is 1.17 bits per heavy atom. The SMILES string of the molecule is CCOC(=O)[C@H]1CCCCN1S(=O)(=O)c1ccc2c(c1)CCCC2. The van der Waals surface area contributed by atoms with Gasteiger partial charge in [-0.2, -0.15) is 4.31 Å². The number of sulfonamides is 1. The maximum atomic E-state index is 13.1. The standard InChI is InChI=1S/C18H25NO4S/c1-2-23-18(20)17-9-5-6-12-19(17)24(21,22)16-11-10-14-7-3-4-8-15(14)13-16/h10-11,13,17H,2-9,12H2,1H3/t17-/m1/s1. The highest BCUT2D eigenvalue weighted by Crippen LogP contribution is 2.29. The lowest BCUT2D eigenvalue weighted by Crippen LogP contribution is -2.48. The van der Waals surface area contributed by atoms with E-state index in [2.05, 4.69) is 0 Å². The summed E-state index contributed by atoms with van der Waals surface area (Å²) < 4.78 is 32.7. The molecule has 1 atom stereocenters. The highest BCUT2D eigenvalue weighted by molar-refractivity contribution is 7.89. The number of rotatable bonds is 4. The van der Waals surface area contributed by atoms with Gasteiger partial charge in [0.25, 0.3) is 0 Å². The highest BCUT2D eigenvalue weighted by Gasteiger charge is 2.38. The van der Waals surface area contributed by atoms with E-state index in [9.17, 15) is 13.2 Å². The number of ether oxygens (including phenoxy) is 1. The summed E-state index contributed by atoms with van der Waals surface area (Å²) in [6, 6.07) is 4.74. The fraction of sp³-hybridized carbons (Fsp3) is 0.611. The molecule has 0 N–H and O–H groups in total. The smallest absolute Gasteiger partial charge is 0.324 e. The second-order valence-corrected chi connectivity index (χ2v) is 8.41. The van der Waals surface area contributed by atoms with Crippen LogP contribution >= 0.6 is 0 Å². The lowest BCUT2D eigenvalue weighted by Gasteiger charge is -2.33. The minimum absolute atomic E-state index is 0.266. The molecule has 1 aliphatic carbocycles. The number of benzene rings is 1. The van der Waals surface area contributed by atoms with Gasteiger partial charge in [-0.25, -0.2) is 8.42 Å². The molecule has 0 unspecified atom stereocenters. The Balaban J connectivity index is 1.91. The summed E-state index contributed by atoms with van der Waals surface area (Å²) in [7, 11) is -3.68. The van der Waals surface area contributed by atoms with E-state index in [4.69, 9.17) is 4.74 Å². The lowest BCUT2D eigenvalue weighted by molar-refractivity contribution is -0.148. The van der Waals surface area contributed by atoms with Crippen LogP contribution in [0, 0.1) is 0 Å². The van der Waals surface area contributed by atoms with Crippen LogP contribution in [0.5, 0.6) is 0 Å². The van der Waals surface area contributed by atoms with Gasteiger partial charge in [0.2, 0.25) is 10.0 Å². The number of carbonyl (C=O) groups is 1. The van der Waals surface area contributed by atoms with E-state index in [0.29, 0.717) is 17.9 Å². The molecule has 1 heterocycles. The topological polar surface area (TPSA) is 63.7 Å². The van der Waals surface area contributed by atoms with Gasteiger partial charge in [-0.3, -0.25) is 4.79 Å². The number of piperidine rings is 1. The Labute approximate surface area is 144 Å². The molecule has 0 bridgehead atoms. The lowest BCUT2D eigenvalue weighted by atomic mass is 9.92. The van der Waals surface area contributed by atoms with E-state index in [-0.39, 0.29) is 6.61 Å². The van der Waals surface area contributed by atoms with Gasteiger partial charge in [0.15, 0.2) is 0 Å². The summed E-state index contributed by atoms with van der Waals surface area (Å²) in [6.07, 6.45) is 6.37. The van der Waals surface area contributed by atoms with Crippen molar-refractivity contribution in [1.29, 1.82) is 0 Å². The van der Waals surface area contributed by atoms with Gasteiger partial charge >= 0.3 is 5.97 Å². The van der Waals surface area contributed by atoms with Crippen molar-refractivity contribution in [3.63, 3.8) is 0 Å². The molecule has 1 aromatic carbocycles. The molecule has 5 nitrogen and oxygen atoms in total. The average molecular weight is 351 g/mol. The third-order valence-corrected chi connectivity index (χ3v) is 6.84. The largest absolute Gasteiger partial charge is 0.465 e. The van der Waals surface area contributed by atoms with Crippen LogP contribution in [0.3, 0.4) is 0 Å². The number of aryl methyl sites for hydroxylation is 2. The maximum Gasteiger partial charge on any atom is 0.324 e. The first-order valence-corrected chi connectivity index (χ1v) is 10.3. The van der Waals surface area contributed by atoms with Crippen molar-refractivity contribution in [2.45, 2.75) is 62.8 Å². The molecule has 3 rings (SSSR count). The van der Waals surface area contributed by atoms with E-state index in [1.165, 1.54) is 9.87 Å². The van der Waals surface area contributed by atoms with E-state index in [0.717, 1.165) is 44.1 Å². The fourth-order valence-corrected chi connectivity index (χ4v) is 5.37. The quantitative estimate of drug-likeness (QED) is 0.783. The highest BCUT2D eigenvalue weighted by atomic mass is 32.2. The molecule has 0 aromatic heterocycles. The number of carbonyl (C=O) groups excluding carboxylic acids is 1. The second kappa shape index (κ2) is 7.23. The van der Waals surface area contributed by atoms with Gasteiger partial charge < -0.3 is 4.74 Å². The summed E-state index contributed by atoms with van der Waals surface area (Å²) >= 11 is 0. The van der Waals surface area contributed by atoms with Crippen molar-refractivity contribution < 1.29 is 17.9 Å². The number of fused-ring (bicyclic) bond motifs is 1.